The summed E-state index contributed by atoms with van der Waals surface area (Å²) in [4.78, 5) is 7.29. The van der Waals surface area contributed by atoms with Gasteiger partial charge in [0.1, 0.15) is 67.0 Å². The predicted octanol–water partition coefficient (Wildman–Crippen LogP) is 38.4. The van der Waals surface area contributed by atoms with Gasteiger partial charge in [-0.15, -0.1) is 0 Å². The minimum Gasteiger partial charge on any atom is -0.456 e. The number of benzene rings is 22. The third-order valence-electron chi connectivity index (χ3n) is 32.6. The van der Waals surface area contributed by atoms with Crippen molar-refractivity contribution in [3.05, 3.63) is 547 Å². The van der Waals surface area contributed by atoms with Gasteiger partial charge in [0, 0.05) is 54.8 Å². The van der Waals surface area contributed by atoms with Crippen LogP contribution in [0.2, 0.25) is 0 Å². The summed E-state index contributed by atoms with van der Waals surface area (Å²) < 4.78 is 38.7. The molecule has 6 heterocycles. The van der Waals surface area contributed by atoms with Crippen LogP contribution in [0.15, 0.2) is 518 Å². The Labute approximate surface area is 851 Å². The number of fused-ring (bicyclic) bond motifs is 36. The smallest absolute Gasteiger partial charge is 0.137 e. The number of hydrogen-bond donors (Lipinski definition) is 0. The van der Waals surface area contributed by atoms with E-state index in [4.69, 9.17) is 26.5 Å². The molecule has 5 aliphatic carbocycles. The Bertz CT molecular complexity index is 9580. The molecule has 0 saturated heterocycles. The van der Waals surface area contributed by atoms with Gasteiger partial charge in [0.15, 0.2) is 0 Å². The molecule has 5 aliphatic rings. The van der Waals surface area contributed by atoms with Gasteiger partial charge in [0.25, 0.3) is 0 Å². The maximum Gasteiger partial charge on any atom is 0.137 e. The Morgan fingerprint density at radius 2 is 0.365 bits per heavy atom. The summed E-state index contributed by atoms with van der Waals surface area (Å²) in [7, 11) is 0. The van der Waals surface area contributed by atoms with Crippen LogP contribution in [0.5, 0.6) is 0 Å². The summed E-state index contributed by atoms with van der Waals surface area (Å²) in [6, 6.07) is 177. The van der Waals surface area contributed by atoms with Crippen molar-refractivity contribution in [2.75, 3.05) is 14.7 Å². The average Bonchev–Trinajstić information content (AvgIpc) is 1.51. The normalized spacial score (nSPS) is 13.9. The van der Waals surface area contributed by atoms with Crippen molar-refractivity contribution < 1.29 is 26.5 Å². The van der Waals surface area contributed by atoms with Crippen LogP contribution < -0.4 is 14.7 Å². The number of para-hydroxylation sites is 6. The van der Waals surface area contributed by atoms with Crippen molar-refractivity contribution in [1.82, 2.24) is 0 Å². The summed E-state index contributed by atoms with van der Waals surface area (Å²) in [5.41, 5.74) is 42.9. The molecule has 1 fully saturated rings. The summed E-state index contributed by atoms with van der Waals surface area (Å²) in [5.74, 6) is 0. The quantitative estimate of drug-likeness (QED) is 0.126. The molecule has 696 valence electrons. The van der Waals surface area contributed by atoms with E-state index in [1.807, 2.05) is 36.4 Å². The fraction of sp³-hybridized carbons (Fsp3) is 0.0504. The van der Waals surface area contributed by atoms with E-state index in [0.29, 0.717) is 0 Å². The van der Waals surface area contributed by atoms with Gasteiger partial charge in [-0.05, 0) is 259 Å². The van der Waals surface area contributed by atoms with E-state index >= 15 is 0 Å². The van der Waals surface area contributed by atoms with Gasteiger partial charge in [-0.3, -0.25) is 0 Å². The third-order valence-corrected chi connectivity index (χ3v) is 32.6. The van der Waals surface area contributed by atoms with E-state index in [1.165, 1.54) is 126 Å². The van der Waals surface area contributed by atoms with Gasteiger partial charge in [-0.2, -0.15) is 0 Å². The second kappa shape index (κ2) is 32.5. The average molecular weight is 1900 g/mol. The zero-order valence-electron chi connectivity index (χ0n) is 80.4. The molecule has 0 bridgehead atoms. The summed E-state index contributed by atoms with van der Waals surface area (Å²) >= 11 is 0. The van der Waals surface area contributed by atoms with Gasteiger partial charge in [0.05, 0.1) is 77.3 Å². The monoisotopic (exact) mass is 1900 g/mol. The van der Waals surface area contributed by atoms with Crippen molar-refractivity contribution in [1.29, 1.82) is 0 Å². The molecule has 0 atom stereocenters. The van der Waals surface area contributed by atoms with E-state index in [1.54, 1.807) is 0 Å². The number of furan rings is 6. The van der Waals surface area contributed by atoms with Gasteiger partial charge in [0.2, 0.25) is 0 Å². The first-order valence-electron chi connectivity index (χ1n) is 51.3. The van der Waals surface area contributed by atoms with Crippen molar-refractivity contribution in [3.8, 4) is 44.5 Å². The maximum atomic E-state index is 6.48. The summed E-state index contributed by atoms with van der Waals surface area (Å²) in [5, 5.41) is 13.1. The highest BCUT2D eigenvalue weighted by molar-refractivity contribution is 6.22. The fourth-order valence-corrected chi connectivity index (χ4v) is 26.8. The van der Waals surface area contributed by atoms with Gasteiger partial charge >= 0.3 is 0 Å². The molecule has 2 spiro atoms. The third kappa shape index (κ3) is 12.0. The number of hydrogen-bond acceptors (Lipinski definition) is 9. The van der Waals surface area contributed by atoms with Crippen molar-refractivity contribution in [3.63, 3.8) is 0 Å². The molecule has 0 unspecified atom stereocenters. The molecule has 0 radical (unpaired) electrons. The topological polar surface area (TPSA) is 88.6 Å². The van der Waals surface area contributed by atoms with Gasteiger partial charge < -0.3 is 41.2 Å². The highest BCUT2D eigenvalue weighted by Crippen LogP contribution is 2.66. The van der Waals surface area contributed by atoms with Crippen LogP contribution in [-0.4, -0.2) is 0 Å². The first kappa shape index (κ1) is 83.6. The molecule has 9 nitrogen and oxygen atoms in total. The molecule has 0 N–H and O–H groups in total. The van der Waals surface area contributed by atoms with Gasteiger partial charge in [-0.1, -0.05) is 359 Å². The molecular formula is C139H89N3O6. The zero-order valence-corrected chi connectivity index (χ0v) is 80.4. The largest absolute Gasteiger partial charge is 0.456 e. The highest BCUT2D eigenvalue weighted by atomic mass is 16.3. The molecule has 22 aromatic carbocycles. The molecule has 6 aromatic heterocycles. The molecule has 28 aromatic rings. The molecule has 33 rings (SSSR count). The molecule has 0 aliphatic heterocycles. The number of nitrogens with zero attached hydrogens (tertiary/aromatic N) is 3. The molecule has 0 amide bonds. The minimum absolute atomic E-state index is 0.0797. The Balaban J connectivity index is 0.000000101. The zero-order chi connectivity index (χ0) is 97.0. The van der Waals surface area contributed by atoms with E-state index in [0.717, 1.165) is 183 Å². The van der Waals surface area contributed by atoms with Crippen molar-refractivity contribution >= 4 is 183 Å². The van der Waals surface area contributed by atoms with Crippen molar-refractivity contribution in [2.24, 2.45) is 0 Å². The first-order valence-corrected chi connectivity index (χ1v) is 51.3. The summed E-state index contributed by atoms with van der Waals surface area (Å²) in [6.45, 7) is 0. The SMILES string of the molecule is c1ccc(C2(c3ccccc3)c3ccccc3-c3ccc(N(c4cccc5oc6ccccc6c45)c4cccc5oc6ccccc6c45)cc32)cc1.c1ccc2c(c1)-c1ccc(N(c3cccc4oc5ccccc5c34)c3cccc4oc5ccccc5c34)cc1C21CCCC1.c1ccc2c(c1)-c1ccccc1C21c2ccccc2-c2ccc(N(c3cccc4oc5ccccc5c34)c3cccc4oc5ccccc5c34)cc21. The van der Waals surface area contributed by atoms with E-state index < -0.39 is 10.8 Å². The lowest BCUT2D eigenvalue weighted by Crippen LogP contribution is -2.28. The Kier molecular flexibility index (Phi) is 18.4. The summed E-state index contributed by atoms with van der Waals surface area (Å²) in [6.07, 6.45) is 4.93. The van der Waals surface area contributed by atoms with Crippen LogP contribution in [0.3, 0.4) is 0 Å². The number of anilines is 9. The van der Waals surface area contributed by atoms with Crippen LogP contribution >= 0.6 is 0 Å². The van der Waals surface area contributed by atoms with Crippen molar-refractivity contribution in [2.45, 2.75) is 41.9 Å². The van der Waals surface area contributed by atoms with Gasteiger partial charge in [-0.25, -0.2) is 0 Å². The lowest BCUT2D eigenvalue weighted by Gasteiger charge is -2.35. The Morgan fingerprint density at radius 1 is 0.155 bits per heavy atom. The van der Waals surface area contributed by atoms with Crippen LogP contribution in [0.25, 0.3) is 176 Å². The number of rotatable bonds is 11. The van der Waals surface area contributed by atoms with Crippen LogP contribution in [0, 0.1) is 0 Å². The maximum absolute atomic E-state index is 6.48. The fourth-order valence-electron chi connectivity index (χ4n) is 26.8. The molecule has 148 heavy (non-hydrogen) atoms. The lowest BCUT2D eigenvalue weighted by molar-refractivity contribution is 0.550. The Morgan fingerprint density at radius 3 is 0.655 bits per heavy atom. The van der Waals surface area contributed by atoms with E-state index in [-0.39, 0.29) is 5.41 Å². The molecular weight excluding hydrogens is 1810 g/mol. The van der Waals surface area contributed by atoms with E-state index in [2.05, 4.69) is 470 Å². The van der Waals surface area contributed by atoms with E-state index in [9.17, 15) is 0 Å². The van der Waals surface area contributed by atoms with Crippen LogP contribution in [-0.2, 0) is 16.2 Å². The standard InChI is InChI=1S/C49H29NO2.C49H31NO2.C41H29NO2/c1-6-18-37-31(13-1)32-14-2-7-19-38(32)49(37)39-20-8-3-15-33(39)34-28-27-30(29-40(34)49)50(41-21-11-25-45-47(41)35-16-4-9-23-43(35)51-45)42-22-12-26-46-48(42)36-17-5-10-24-44(36)52-46;1-3-15-32(16-4-1)49(33-17-5-2-6-18-33)39-22-10-7-19-35(39)36-30-29-34(31-40(36)49)50(41-23-13-27-45-47(41)37-20-8-11-25-43(37)51-45)42-24-14-28-46-48(42)38-21-9-12-26-44(38)52-46;1-4-14-31-27(11-1)28-22-21-26(25-32(28)41(31)23-7-8-24-41)42(33-15-9-19-37-39(33)29-12-2-5-17-35(29)43-37)34-16-10-20-38-40(34)30-13-3-6-18-36(30)44-38/h1-29H;1-31H;1-6,9-22,25H,7-8,23-24H2. The second-order valence-corrected chi connectivity index (χ2v) is 39.9. The van der Waals surface area contributed by atoms with Crippen LogP contribution in [0.4, 0.5) is 51.2 Å². The highest BCUT2D eigenvalue weighted by Gasteiger charge is 2.53. The molecule has 1 saturated carbocycles. The first-order chi connectivity index (χ1) is 73.4. The lowest BCUT2D eigenvalue weighted by atomic mass is 9.67. The molecule has 9 heteroatoms. The second-order valence-electron chi connectivity index (χ2n) is 39.9. The minimum atomic E-state index is -0.529. The predicted molar refractivity (Wildman–Crippen MR) is 605 cm³/mol. The van der Waals surface area contributed by atoms with Crippen LogP contribution in [0.1, 0.15) is 81.3 Å². The Hall–Kier alpha value is -19.0.